The molecule has 168 valence electrons. The van der Waals surface area contributed by atoms with Gasteiger partial charge in [0.25, 0.3) is 11.6 Å². The van der Waals surface area contributed by atoms with Crippen molar-refractivity contribution in [2.45, 2.75) is 6.42 Å². The van der Waals surface area contributed by atoms with Gasteiger partial charge in [0.2, 0.25) is 0 Å². The second-order valence-corrected chi connectivity index (χ2v) is 9.07. The number of halogens is 1. The lowest BCUT2D eigenvalue weighted by Crippen LogP contribution is -2.13. The van der Waals surface area contributed by atoms with Gasteiger partial charge in [-0.05, 0) is 35.9 Å². The van der Waals surface area contributed by atoms with Crippen LogP contribution in [0.4, 0.5) is 10.8 Å². The first-order valence-corrected chi connectivity index (χ1v) is 11.5. The molecule has 2 aromatic carbocycles. The van der Waals surface area contributed by atoms with Crippen molar-refractivity contribution in [3.63, 3.8) is 0 Å². The Morgan fingerprint density at radius 3 is 2.71 bits per heavy atom. The molecule has 0 bridgehead atoms. The van der Waals surface area contributed by atoms with Crippen LogP contribution < -0.4 is 5.32 Å². The van der Waals surface area contributed by atoms with Crippen LogP contribution in [0, 0.1) is 21.4 Å². The molecule has 10 heteroatoms. The van der Waals surface area contributed by atoms with Crippen LogP contribution in [-0.2, 0) is 11.2 Å². The molecule has 1 N–H and O–H groups in total. The molecule has 0 saturated heterocycles. The summed E-state index contributed by atoms with van der Waals surface area (Å²) in [6, 6.07) is 19.0. The van der Waals surface area contributed by atoms with Gasteiger partial charge in [0.15, 0.2) is 5.13 Å². The maximum absolute atomic E-state index is 12.6. The average Bonchev–Trinajstić information content (AvgIpc) is 3.48. The normalized spacial score (nSPS) is 11.1. The minimum absolute atomic E-state index is 0.103. The first kappa shape index (κ1) is 23.1. The van der Waals surface area contributed by atoms with Crippen LogP contribution in [0.3, 0.4) is 0 Å². The Balaban J connectivity index is 1.47. The van der Waals surface area contributed by atoms with Crippen molar-refractivity contribution in [3.8, 4) is 17.4 Å². The number of nitro groups is 1. The quantitative estimate of drug-likeness (QED) is 0.130. The number of para-hydroxylation sites is 1. The number of aromatic nitrogens is 1. The van der Waals surface area contributed by atoms with E-state index in [1.165, 1.54) is 29.5 Å². The largest absolute Gasteiger partial charge is 0.456 e. The Hall–Kier alpha value is -4.07. The third-order valence-electron chi connectivity index (χ3n) is 4.71. The summed E-state index contributed by atoms with van der Waals surface area (Å²) in [6.07, 6.45) is 3.64. The fraction of sp³-hybridized carbons (Fsp3) is 0.0417. The van der Waals surface area contributed by atoms with E-state index in [0.717, 1.165) is 14.9 Å². The summed E-state index contributed by atoms with van der Waals surface area (Å²) in [4.78, 5) is 28.5. The maximum atomic E-state index is 12.6. The predicted molar refractivity (Wildman–Crippen MR) is 132 cm³/mol. The summed E-state index contributed by atoms with van der Waals surface area (Å²) in [5, 5.41) is 23.7. The molecule has 0 aliphatic heterocycles. The fourth-order valence-corrected chi connectivity index (χ4v) is 4.23. The smallest absolute Gasteiger partial charge is 0.280 e. The summed E-state index contributed by atoms with van der Waals surface area (Å²) in [7, 11) is 0. The number of anilines is 1. The zero-order valence-electron chi connectivity index (χ0n) is 17.4. The number of furan rings is 1. The van der Waals surface area contributed by atoms with E-state index in [4.69, 9.17) is 4.42 Å². The van der Waals surface area contributed by atoms with Crippen LogP contribution in [0.1, 0.15) is 16.2 Å². The van der Waals surface area contributed by atoms with Crippen molar-refractivity contribution in [2.75, 3.05) is 5.32 Å². The molecule has 0 unspecified atom stereocenters. The van der Waals surface area contributed by atoms with E-state index in [2.05, 4.69) is 26.2 Å². The predicted octanol–water partition coefficient (Wildman–Crippen LogP) is 6.21. The van der Waals surface area contributed by atoms with Gasteiger partial charge >= 0.3 is 0 Å². The van der Waals surface area contributed by atoms with Crippen LogP contribution in [-0.4, -0.2) is 15.8 Å². The molecule has 2 aromatic heterocycles. The van der Waals surface area contributed by atoms with Gasteiger partial charge in [-0.25, -0.2) is 4.98 Å². The van der Waals surface area contributed by atoms with Gasteiger partial charge in [0.05, 0.1) is 10.5 Å². The number of thiazole rings is 1. The third-order valence-corrected chi connectivity index (χ3v) is 6.15. The van der Waals surface area contributed by atoms with E-state index in [1.54, 1.807) is 30.5 Å². The van der Waals surface area contributed by atoms with Gasteiger partial charge in [-0.15, -0.1) is 11.3 Å². The molecule has 0 atom stereocenters. The number of hydrogen-bond acceptors (Lipinski definition) is 7. The van der Waals surface area contributed by atoms with Gasteiger partial charge in [0.1, 0.15) is 23.2 Å². The number of benzene rings is 2. The Bertz CT molecular complexity index is 1430. The monoisotopic (exact) mass is 534 g/mol. The summed E-state index contributed by atoms with van der Waals surface area (Å²) < 4.78 is 6.64. The highest BCUT2D eigenvalue weighted by Crippen LogP contribution is 2.31. The molecule has 4 aromatic rings. The highest BCUT2D eigenvalue weighted by Gasteiger charge is 2.18. The molecule has 0 spiro atoms. The van der Waals surface area contributed by atoms with Gasteiger partial charge in [-0.2, -0.15) is 5.26 Å². The topological polar surface area (TPSA) is 122 Å². The van der Waals surface area contributed by atoms with Crippen LogP contribution >= 0.6 is 27.3 Å². The van der Waals surface area contributed by atoms with E-state index < -0.39 is 10.8 Å². The standard InChI is InChI=1S/C24H15BrN4O4S/c25-17-7-5-15(6-8-17)11-19-14-27-24(34-19)28-23(30)16(13-26)12-18-9-10-22(33-18)20-3-1-2-4-21(20)29(31)32/h1-10,12,14H,11H2,(H,27,28,30)/b16-12-. The second-order valence-electron chi connectivity index (χ2n) is 7.04. The van der Waals surface area contributed by atoms with Crippen LogP contribution in [0.5, 0.6) is 0 Å². The summed E-state index contributed by atoms with van der Waals surface area (Å²) in [5.74, 6) is -0.153. The molecule has 0 saturated carbocycles. The third kappa shape index (κ3) is 5.46. The van der Waals surface area contributed by atoms with Gasteiger partial charge in [-0.3, -0.25) is 20.2 Å². The van der Waals surface area contributed by atoms with E-state index in [-0.39, 0.29) is 22.8 Å². The zero-order chi connectivity index (χ0) is 24.1. The average molecular weight is 535 g/mol. The minimum Gasteiger partial charge on any atom is -0.456 e. The lowest BCUT2D eigenvalue weighted by atomic mass is 10.1. The second kappa shape index (κ2) is 10.2. The molecule has 0 fully saturated rings. The Kier molecular flexibility index (Phi) is 6.96. The van der Waals surface area contributed by atoms with E-state index >= 15 is 0 Å². The molecule has 8 nitrogen and oxygen atoms in total. The molecule has 0 radical (unpaired) electrons. The number of carbonyl (C=O) groups excluding carboxylic acids is 1. The molecular formula is C24H15BrN4O4S. The zero-order valence-corrected chi connectivity index (χ0v) is 19.8. The molecular weight excluding hydrogens is 520 g/mol. The maximum Gasteiger partial charge on any atom is 0.280 e. The number of nitro benzene ring substituents is 1. The number of amides is 1. The molecule has 34 heavy (non-hydrogen) atoms. The van der Waals surface area contributed by atoms with Crippen LogP contribution in [0.25, 0.3) is 17.4 Å². The number of nitrogens with zero attached hydrogens (tertiary/aromatic N) is 3. The Labute approximate surface area is 206 Å². The van der Waals surface area contributed by atoms with E-state index in [0.29, 0.717) is 17.1 Å². The summed E-state index contributed by atoms with van der Waals surface area (Å²) in [5.41, 5.74) is 1.12. The summed E-state index contributed by atoms with van der Waals surface area (Å²) >= 11 is 4.73. The van der Waals surface area contributed by atoms with Crippen molar-refractivity contribution >= 4 is 50.1 Å². The van der Waals surface area contributed by atoms with Gasteiger partial charge in [0, 0.05) is 34.1 Å². The van der Waals surface area contributed by atoms with Gasteiger partial charge < -0.3 is 4.42 Å². The Morgan fingerprint density at radius 1 is 1.21 bits per heavy atom. The van der Waals surface area contributed by atoms with Crippen molar-refractivity contribution in [3.05, 3.63) is 103 Å². The molecule has 4 rings (SSSR count). The summed E-state index contributed by atoms with van der Waals surface area (Å²) in [6.45, 7) is 0. The lowest BCUT2D eigenvalue weighted by molar-refractivity contribution is -0.384. The Morgan fingerprint density at radius 2 is 1.97 bits per heavy atom. The van der Waals surface area contributed by atoms with Crippen molar-refractivity contribution in [1.82, 2.24) is 4.98 Å². The van der Waals surface area contributed by atoms with Crippen LogP contribution in [0.15, 0.2) is 81.3 Å². The first-order chi connectivity index (χ1) is 16.4. The molecule has 1 amide bonds. The highest BCUT2D eigenvalue weighted by atomic mass is 79.9. The van der Waals surface area contributed by atoms with E-state index in [9.17, 15) is 20.2 Å². The van der Waals surface area contributed by atoms with Crippen molar-refractivity contribution in [2.24, 2.45) is 0 Å². The SMILES string of the molecule is N#C/C(=C/c1ccc(-c2ccccc2[N+](=O)[O-])o1)C(=O)Nc1ncc(Cc2ccc(Br)cc2)s1. The van der Waals surface area contributed by atoms with Crippen molar-refractivity contribution < 1.29 is 14.1 Å². The van der Waals surface area contributed by atoms with Crippen LogP contribution in [0.2, 0.25) is 0 Å². The van der Waals surface area contributed by atoms with Crippen molar-refractivity contribution in [1.29, 1.82) is 5.26 Å². The molecule has 0 aliphatic rings. The minimum atomic E-state index is -0.629. The lowest BCUT2D eigenvalue weighted by Gasteiger charge is -2.00. The number of nitrogens with one attached hydrogen (secondary N) is 1. The van der Waals surface area contributed by atoms with Gasteiger partial charge in [-0.1, -0.05) is 40.2 Å². The number of rotatable bonds is 7. The first-order valence-electron chi connectivity index (χ1n) is 9.89. The highest BCUT2D eigenvalue weighted by molar-refractivity contribution is 9.10. The number of carbonyl (C=O) groups is 1. The van der Waals surface area contributed by atoms with E-state index in [1.807, 2.05) is 30.3 Å². The number of nitriles is 1. The molecule has 0 aliphatic carbocycles. The molecule has 2 heterocycles. The fourth-order valence-electron chi connectivity index (χ4n) is 3.12. The number of hydrogen-bond donors (Lipinski definition) is 1.